The number of halogens is 1. The SMILES string of the molecule is CNCc1ccc(OC(C)C(=O)NCCOC)c(F)c1. The molecule has 20 heavy (non-hydrogen) atoms. The number of hydrogen-bond donors (Lipinski definition) is 2. The Morgan fingerprint density at radius 2 is 2.20 bits per heavy atom. The predicted molar refractivity (Wildman–Crippen MR) is 74.1 cm³/mol. The van der Waals surface area contributed by atoms with Gasteiger partial charge in [-0.05, 0) is 31.7 Å². The van der Waals surface area contributed by atoms with Crippen LogP contribution in [0.5, 0.6) is 5.75 Å². The van der Waals surface area contributed by atoms with E-state index in [9.17, 15) is 9.18 Å². The van der Waals surface area contributed by atoms with Crippen molar-refractivity contribution in [2.24, 2.45) is 0 Å². The molecule has 6 heteroatoms. The molecule has 0 aliphatic carbocycles. The smallest absolute Gasteiger partial charge is 0.260 e. The van der Waals surface area contributed by atoms with Crippen molar-refractivity contribution in [1.82, 2.24) is 10.6 Å². The molecule has 0 heterocycles. The van der Waals surface area contributed by atoms with Crippen LogP contribution in [0.1, 0.15) is 12.5 Å². The van der Waals surface area contributed by atoms with Crippen LogP contribution in [0.25, 0.3) is 0 Å². The maximum absolute atomic E-state index is 13.8. The first-order valence-electron chi connectivity index (χ1n) is 6.44. The molecule has 0 aliphatic rings. The highest BCUT2D eigenvalue weighted by molar-refractivity contribution is 5.80. The average Bonchev–Trinajstić information content (AvgIpc) is 2.42. The Labute approximate surface area is 118 Å². The van der Waals surface area contributed by atoms with E-state index >= 15 is 0 Å². The van der Waals surface area contributed by atoms with Gasteiger partial charge >= 0.3 is 0 Å². The molecule has 1 rings (SSSR count). The summed E-state index contributed by atoms with van der Waals surface area (Å²) in [6, 6.07) is 4.67. The van der Waals surface area contributed by atoms with Gasteiger partial charge in [0.1, 0.15) is 0 Å². The van der Waals surface area contributed by atoms with Crippen molar-refractivity contribution < 1.29 is 18.7 Å². The Kier molecular flexibility index (Phi) is 6.97. The molecule has 112 valence electrons. The van der Waals surface area contributed by atoms with Gasteiger partial charge in [-0.15, -0.1) is 0 Å². The number of rotatable bonds is 8. The lowest BCUT2D eigenvalue weighted by molar-refractivity contribution is -0.127. The highest BCUT2D eigenvalue weighted by Crippen LogP contribution is 2.19. The zero-order chi connectivity index (χ0) is 15.0. The standard InChI is InChI=1S/C14H21FN2O3/c1-10(14(18)17-6-7-19-3)20-13-5-4-11(9-16-2)8-12(13)15/h4-5,8,10,16H,6-7,9H2,1-3H3,(H,17,18). The van der Waals surface area contributed by atoms with Gasteiger partial charge in [0.05, 0.1) is 6.61 Å². The number of nitrogens with one attached hydrogen (secondary N) is 2. The van der Waals surface area contributed by atoms with Gasteiger partial charge < -0.3 is 20.1 Å². The Morgan fingerprint density at radius 1 is 1.45 bits per heavy atom. The van der Waals surface area contributed by atoms with Crippen LogP contribution in [0.3, 0.4) is 0 Å². The Bertz CT molecular complexity index is 440. The predicted octanol–water partition coefficient (Wildman–Crippen LogP) is 1.07. The molecule has 1 atom stereocenters. The van der Waals surface area contributed by atoms with Crippen LogP contribution < -0.4 is 15.4 Å². The van der Waals surface area contributed by atoms with Crippen LogP contribution >= 0.6 is 0 Å². The average molecular weight is 284 g/mol. The minimum atomic E-state index is -0.767. The minimum Gasteiger partial charge on any atom is -0.478 e. The minimum absolute atomic E-state index is 0.0687. The molecule has 0 radical (unpaired) electrons. The second kappa shape index (κ2) is 8.50. The molecular weight excluding hydrogens is 263 g/mol. The zero-order valence-corrected chi connectivity index (χ0v) is 12.0. The van der Waals surface area contributed by atoms with E-state index in [0.717, 1.165) is 5.56 Å². The summed E-state index contributed by atoms with van der Waals surface area (Å²) in [6.07, 6.45) is -0.767. The molecule has 2 N–H and O–H groups in total. The van der Waals surface area contributed by atoms with Crippen molar-refractivity contribution in [3.05, 3.63) is 29.6 Å². The van der Waals surface area contributed by atoms with Gasteiger partial charge in [-0.25, -0.2) is 4.39 Å². The monoisotopic (exact) mass is 284 g/mol. The summed E-state index contributed by atoms with van der Waals surface area (Å²) in [5, 5.41) is 5.57. The summed E-state index contributed by atoms with van der Waals surface area (Å²) in [4.78, 5) is 11.7. The van der Waals surface area contributed by atoms with E-state index in [1.807, 2.05) is 0 Å². The summed E-state index contributed by atoms with van der Waals surface area (Å²) >= 11 is 0. The van der Waals surface area contributed by atoms with Crippen molar-refractivity contribution >= 4 is 5.91 Å². The normalized spacial score (nSPS) is 12.0. The molecule has 0 saturated carbocycles. The van der Waals surface area contributed by atoms with E-state index in [-0.39, 0.29) is 11.7 Å². The van der Waals surface area contributed by atoms with Crippen molar-refractivity contribution in [1.29, 1.82) is 0 Å². The number of hydrogen-bond acceptors (Lipinski definition) is 4. The van der Waals surface area contributed by atoms with E-state index in [4.69, 9.17) is 9.47 Å². The Balaban J connectivity index is 2.56. The van der Waals surface area contributed by atoms with E-state index in [0.29, 0.717) is 19.7 Å². The quantitative estimate of drug-likeness (QED) is 0.701. The number of amides is 1. The molecule has 1 amide bonds. The van der Waals surface area contributed by atoms with Crippen molar-refractivity contribution in [3.63, 3.8) is 0 Å². The van der Waals surface area contributed by atoms with Crippen LogP contribution in [0.2, 0.25) is 0 Å². The van der Waals surface area contributed by atoms with Crippen molar-refractivity contribution in [3.8, 4) is 5.75 Å². The lowest BCUT2D eigenvalue weighted by atomic mass is 10.2. The molecule has 0 spiro atoms. The van der Waals surface area contributed by atoms with Gasteiger partial charge in [-0.2, -0.15) is 0 Å². The number of carbonyl (C=O) groups excluding carboxylic acids is 1. The fourth-order valence-electron chi connectivity index (χ4n) is 1.62. The van der Waals surface area contributed by atoms with Gasteiger partial charge in [-0.1, -0.05) is 6.07 Å². The van der Waals surface area contributed by atoms with Gasteiger partial charge in [0.15, 0.2) is 17.7 Å². The van der Waals surface area contributed by atoms with E-state index in [1.165, 1.54) is 12.1 Å². The largest absolute Gasteiger partial charge is 0.478 e. The first kappa shape index (κ1) is 16.4. The molecule has 1 aromatic rings. The van der Waals surface area contributed by atoms with E-state index in [2.05, 4.69) is 10.6 Å². The first-order valence-corrected chi connectivity index (χ1v) is 6.44. The zero-order valence-electron chi connectivity index (χ0n) is 12.0. The highest BCUT2D eigenvalue weighted by Gasteiger charge is 2.16. The number of benzene rings is 1. The molecule has 1 unspecified atom stereocenters. The maximum Gasteiger partial charge on any atom is 0.260 e. The fraction of sp³-hybridized carbons (Fsp3) is 0.500. The third kappa shape index (κ3) is 5.14. The summed E-state index contributed by atoms with van der Waals surface area (Å²) < 4.78 is 23.9. The van der Waals surface area contributed by atoms with Crippen LogP contribution in [0.15, 0.2) is 18.2 Å². The van der Waals surface area contributed by atoms with E-state index in [1.54, 1.807) is 27.1 Å². The van der Waals surface area contributed by atoms with Crippen LogP contribution in [-0.4, -0.2) is 39.3 Å². The fourth-order valence-corrected chi connectivity index (χ4v) is 1.62. The molecule has 0 aliphatic heterocycles. The third-order valence-corrected chi connectivity index (χ3v) is 2.66. The van der Waals surface area contributed by atoms with Crippen molar-refractivity contribution in [2.45, 2.75) is 19.6 Å². The number of carbonyl (C=O) groups is 1. The topological polar surface area (TPSA) is 59.6 Å². The summed E-state index contributed by atoms with van der Waals surface area (Å²) in [5.74, 6) is -0.714. The lowest BCUT2D eigenvalue weighted by Crippen LogP contribution is -2.38. The highest BCUT2D eigenvalue weighted by atomic mass is 19.1. The maximum atomic E-state index is 13.8. The second-order valence-corrected chi connectivity index (χ2v) is 4.34. The number of methoxy groups -OCH3 is 1. The molecule has 1 aromatic carbocycles. The van der Waals surface area contributed by atoms with Gasteiger partial charge in [0, 0.05) is 20.2 Å². The molecule has 5 nitrogen and oxygen atoms in total. The van der Waals surface area contributed by atoms with Gasteiger partial charge in [0.2, 0.25) is 0 Å². The number of ether oxygens (including phenoxy) is 2. The third-order valence-electron chi connectivity index (χ3n) is 2.66. The van der Waals surface area contributed by atoms with Crippen LogP contribution in [0.4, 0.5) is 4.39 Å². The van der Waals surface area contributed by atoms with Gasteiger partial charge in [-0.3, -0.25) is 4.79 Å². The molecule has 0 bridgehead atoms. The molecule has 0 aromatic heterocycles. The van der Waals surface area contributed by atoms with Gasteiger partial charge in [0.25, 0.3) is 5.91 Å². The second-order valence-electron chi connectivity index (χ2n) is 4.34. The summed E-state index contributed by atoms with van der Waals surface area (Å²) in [5.41, 5.74) is 0.814. The Morgan fingerprint density at radius 3 is 2.80 bits per heavy atom. The Hall–Kier alpha value is -1.66. The molecule has 0 saturated heterocycles. The van der Waals surface area contributed by atoms with Crippen LogP contribution in [-0.2, 0) is 16.1 Å². The lowest BCUT2D eigenvalue weighted by Gasteiger charge is -2.15. The summed E-state index contributed by atoms with van der Waals surface area (Å²) in [7, 11) is 3.34. The molecule has 0 fully saturated rings. The van der Waals surface area contributed by atoms with E-state index < -0.39 is 11.9 Å². The summed E-state index contributed by atoms with van der Waals surface area (Å²) in [6.45, 7) is 2.96. The first-order chi connectivity index (χ1) is 9.58. The molecular formula is C14H21FN2O3. The van der Waals surface area contributed by atoms with Crippen molar-refractivity contribution in [2.75, 3.05) is 27.3 Å². The van der Waals surface area contributed by atoms with Crippen LogP contribution in [0, 0.1) is 5.82 Å².